The van der Waals surface area contributed by atoms with Gasteiger partial charge in [0.15, 0.2) is 10.3 Å². The van der Waals surface area contributed by atoms with Crippen LogP contribution in [0, 0.1) is 13.8 Å². The van der Waals surface area contributed by atoms with Crippen LogP contribution in [-0.4, -0.2) is 38.7 Å². The molecule has 3 rings (SSSR count). The van der Waals surface area contributed by atoms with Crippen molar-refractivity contribution >= 4 is 40.1 Å². The molecule has 0 saturated carbocycles. The second kappa shape index (κ2) is 9.90. The molecule has 158 valence electrons. The molecule has 0 aliphatic carbocycles. The van der Waals surface area contributed by atoms with Gasteiger partial charge in [-0.2, -0.15) is 0 Å². The highest BCUT2D eigenvalue weighted by molar-refractivity contribution is 8.00. The van der Waals surface area contributed by atoms with E-state index in [2.05, 4.69) is 20.3 Å². The molecule has 0 spiro atoms. The first-order valence-electron chi connectivity index (χ1n) is 9.67. The number of anilines is 1. The van der Waals surface area contributed by atoms with Crippen molar-refractivity contribution in [1.82, 2.24) is 15.0 Å². The fourth-order valence-electron chi connectivity index (χ4n) is 2.84. The fraction of sp³-hybridized carbons (Fsp3) is 0.333. The molecule has 2 aromatic heterocycles. The van der Waals surface area contributed by atoms with Crippen LogP contribution < -0.4 is 5.32 Å². The number of ether oxygens (including phenoxy) is 1. The summed E-state index contributed by atoms with van der Waals surface area (Å²) in [6.07, 6.45) is 0.617. The zero-order chi connectivity index (χ0) is 21.7. The predicted octanol–water partition coefficient (Wildman–Crippen LogP) is 4.84. The molecule has 7 nitrogen and oxygen atoms in total. The van der Waals surface area contributed by atoms with Crippen LogP contribution in [0.2, 0.25) is 0 Å². The number of H-pyrrole nitrogens is 1. The van der Waals surface area contributed by atoms with Gasteiger partial charge >= 0.3 is 5.97 Å². The number of rotatable bonds is 8. The van der Waals surface area contributed by atoms with Crippen molar-refractivity contribution in [1.29, 1.82) is 0 Å². The molecular weight excluding hydrogens is 420 g/mol. The van der Waals surface area contributed by atoms with E-state index in [4.69, 9.17) is 4.74 Å². The minimum absolute atomic E-state index is 0.179. The maximum atomic E-state index is 12.8. The standard InChI is InChI=1S/C21H24N4O3S2/c1-5-15(18(26)25-21-23-13(4)17(30-21)19(27)28-6-2)29-20-22-12(3)16(24-20)14-10-8-7-9-11-14/h7-11,15H,5-6H2,1-4H3,(H,22,24)(H,23,25,26). The van der Waals surface area contributed by atoms with E-state index < -0.39 is 5.97 Å². The average Bonchev–Trinajstić information content (AvgIpc) is 3.28. The molecule has 0 aliphatic heterocycles. The van der Waals surface area contributed by atoms with Crippen molar-refractivity contribution in [2.45, 2.75) is 44.5 Å². The van der Waals surface area contributed by atoms with Gasteiger partial charge in [0.1, 0.15) is 4.88 Å². The van der Waals surface area contributed by atoms with Gasteiger partial charge in [-0.05, 0) is 27.2 Å². The number of nitrogens with one attached hydrogen (secondary N) is 2. The maximum absolute atomic E-state index is 12.8. The number of thioether (sulfide) groups is 1. The van der Waals surface area contributed by atoms with Crippen molar-refractivity contribution in [2.75, 3.05) is 11.9 Å². The lowest BCUT2D eigenvalue weighted by atomic mass is 10.1. The highest BCUT2D eigenvalue weighted by Gasteiger charge is 2.23. The smallest absolute Gasteiger partial charge is 0.350 e. The van der Waals surface area contributed by atoms with Gasteiger partial charge in [0.2, 0.25) is 5.91 Å². The number of aromatic nitrogens is 3. The van der Waals surface area contributed by atoms with Crippen molar-refractivity contribution in [3.8, 4) is 11.3 Å². The topological polar surface area (TPSA) is 97.0 Å². The summed E-state index contributed by atoms with van der Waals surface area (Å²) >= 11 is 2.50. The van der Waals surface area contributed by atoms with E-state index in [0.717, 1.165) is 28.3 Å². The summed E-state index contributed by atoms with van der Waals surface area (Å²) < 4.78 is 5.03. The molecule has 0 bridgehead atoms. The molecule has 3 aromatic rings. The summed E-state index contributed by atoms with van der Waals surface area (Å²) in [5, 5.41) is 3.55. The second-order valence-electron chi connectivity index (χ2n) is 6.54. The molecule has 30 heavy (non-hydrogen) atoms. The van der Waals surface area contributed by atoms with Crippen LogP contribution >= 0.6 is 23.1 Å². The minimum Gasteiger partial charge on any atom is -0.462 e. The summed E-state index contributed by atoms with van der Waals surface area (Å²) in [7, 11) is 0. The fourth-order valence-corrected chi connectivity index (χ4v) is 4.67. The summed E-state index contributed by atoms with van der Waals surface area (Å²) in [6, 6.07) is 9.92. The van der Waals surface area contributed by atoms with E-state index in [1.54, 1.807) is 13.8 Å². The van der Waals surface area contributed by atoms with Gasteiger partial charge in [0.05, 0.1) is 23.2 Å². The Labute approximate surface area is 183 Å². The Morgan fingerprint density at radius 1 is 1.20 bits per heavy atom. The van der Waals surface area contributed by atoms with E-state index in [1.165, 1.54) is 11.8 Å². The molecule has 2 heterocycles. The van der Waals surface area contributed by atoms with Crippen molar-refractivity contribution in [2.24, 2.45) is 0 Å². The van der Waals surface area contributed by atoms with Crippen LogP contribution in [0.3, 0.4) is 0 Å². The van der Waals surface area contributed by atoms with Crippen LogP contribution in [0.5, 0.6) is 0 Å². The van der Waals surface area contributed by atoms with Crippen molar-refractivity contribution in [3.63, 3.8) is 0 Å². The number of aryl methyl sites for hydroxylation is 2. The van der Waals surface area contributed by atoms with Crippen LogP contribution in [0.15, 0.2) is 35.5 Å². The molecular formula is C21H24N4O3S2. The SMILES string of the molecule is CCOC(=O)c1sc(NC(=O)C(CC)Sc2nc(-c3ccccc3)c(C)[nH]2)nc1C. The van der Waals surface area contributed by atoms with Crippen LogP contribution in [-0.2, 0) is 9.53 Å². The first kappa shape index (κ1) is 22.0. The molecule has 0 saturated heterocycles. The number of hydrogen-bond donors (Lipinski definition) is 2. The highest BCUT2D eigenvalue weighted by atomic mass is 32.2. The average molecular weight is 445 g/mol. The minimum atomic E-state index is -0.422. The molecule has 0 radical (unpaired) electrons. The second-order valence-corrected chi connectivity index (χ2v) is 8.73. The lowest BCUT2D eigenvalue weighted by molar-refractivity contribution is -0.115. The van der Waals surface area contributed by atoms with Gasteiger partial charge in [0.25, 0.3) is 0 Å². The largest absolute Gasteiger partial charge is 0.462 e. The summed E-state index contributed by atoms with van der Waals surface area (Å²) in [5.74, 6) is -0.601. The molecule has 1 atom stereocenters. The summed E-state index contributed by atoms with van der Waals surface area (Å²) in [6.45, 7) is 7.68. The van der Waals surface area contributed by atoms with E-state index >= 15 is 0 Å². The van der Waals surface area contributed by atoms with Crippen molar-refractivity contribution < 1.29 is 14.3 Å². The number of nitrogens with zero attached hydrogens (tertiary/aromatic N) is 2. The van der Waals surface area contributed by atoms with E-state index in [0.29, 0.717) is 33.9 Å². The zero-order valence-corrected chi connectivity index (χ0v) is 18.9. The molecule has 1 aromatic carbocycles. The highest BCUT2D eigenvalue weighted by Crippen LogP contribution is 2.30. The third kappa shape index (κ3) is 5.09. The number of carbonyl (C=O) groups excluding carboxylic acids is 2. The van der Waals surface area contributed by atoms with Crippen molar-refractivity contribution in [3.05, 3.63) is 46.6 Å². The first-order chi connectivity index (χ1) is 14.4. The number of amides is 1. The van der Waals surface area contributed by atoms with Crippen LogP contribution in [0.4, 0.5) is 5.13 Å². The molecule has 9 heteroatoms. The predicted molar refractivity (Wildman–Crippen MR) is 120 cm³/mol. The Balaban J connectivity index is 1.70. The lowest BCUT2D eigenvalue weighted by Gasteiger charge is -2.11. The quantitative estimate of drug-likeness (QED) is 0.381. The first-order valence-corrected chi connectivity index (χ1v) is 11.4. The number of esters is 1. The number of thiazole rings is 1. The number of hydrogen-bond acceptors (Lipinski definition) is 7. The normalized spacial score (nSPS) is 11.9. The van der Waals surface area contributed by atoms with Gasteiger partial charge in [-0.1, -0.05) is 60.4 Å². The third-order valence-corrected chi connectivity index (χ3v) is 6.62. The molecule has 2 N–H and O–H groups in total. The number of benzene rings is 1. The third-order valence-electron chi connectivity index (χ3n) is 4.31. The van der Waals surface area contributed by atoms with E-state index in [9.17, 15) is 9.59 Å². The number of aromatic amines is 1. The van der Waals surface area contributed by atoms with Crippen LogP contribution in [0.25, 0.3) is 11.3 Å². The Bertz CT molecular complexity index is 1030. The Morgan fingerprint density at radius 2 is 1.93 bits per heavy atom. The van der Waals surface area contributed by atoms with Crippen LogP contribution in [0.1, 0.15) is 41.3 Å². The van der Waals surface area contributed by atoms with Gasteiger partial charge in [-0.15, -0.1) is 0 Å². The molecule has 1 amide bonds. The summed E-state index contributed by atoms with van der Waals surface area (Å²) in [4.78, 5) is 37.4. The molecule has 1 unspecified atom stereocenters. The monoisotopic (exact) mass is 444 g/mol. The number of carbonyl (C=O) groups is 2. The zero-order valence-electron chi connectivity index (χ0n) is 17.3. The van der Waals surface area contributed by atoms with E-state index in [-0.39, 0.29) is 11.2 Å². The van der Waals surface area contributed by atoms with Gasteiger partial charge in [0, 0.05) is 11.3 Å². The van der Waals surface area contributed by atoms with Gasteiger partial charge < -0.3 is 15.0 Å². The maximum Gasteiger partial charge on any atom is 0.350 e. The Hall–Kier alpha value is -2.65. The van der Waals surface area contributed by atoms with E-state index in [1.807, 2.05) is 44.2 Å². The van der Waals surface area contributed by atoms with Gasteiger partial charge in [-0.25, -0.2) is 14.8 Å². The summed E-state index contributed by atoms with van der Waals surface area (Å²) in [5.41, 5.74) is 3.40. The lowest BCUT2D eigenvalue weighted by Crippen LogP contribution is -2.24. The number of imidazole rings is 1. The van der Waals surface area contributed by atoms with Gasteiger partial charge in [-0.3, -0.25) is 4.79 Å². The Kier molecular flexibility index (Phi) is 7.28. The molecule has 0 aliphatic rings. The Morgan fingerprint density at radius 3 is 2.60 bits per heavy atom. The molecule has 0 fully saturated rings.